The van der Waals surface area contributed by atoms with Gasteiger partial charge < -0.3 is 24.3 Å². The van der Waals surface area contributed by atoms with E-state index in [0.717, 1.165) is 15.7 Å². The third kappa shape index (κ3) is 5.57. The maximum atomic E-state index is 12.2. The Labute approximate surface area is 194 Å². The van der Waals surface area contributed by atoms with E-state index in [4.69, 9.17) is 30.5 Å². The SMILES string of the molecule is COc1cc(NC(=O)COC(=O)CSc2cccc3cccc(Cl)c23)cc(OC)c1OC. The molecule has 0 unspecified atom stereocenters. The van der Waals surface area contributed by atoms with Crippen LogP contribution in [0.2, 0.25) is 5.02 Å². The van der Waals surface area contributed by atoms with E-state index in [0.29, 0.717) is 28.0 Å². The highest BCUT2D eigenvalue weighted by atomic mass is 35.5. The van der Waals surface area contributed by atoms with Crippen molar-refractivity contribution in [3.05, 3.63) is 53.6 Å². The first-order chi connectivity index (χ1) is 15.5. The number of rotatable bonds is 9. The maximum Gasteiger partial charge on any atom is 0.316 e. The van der Waals surface area contributed by atoms with Crippen molar-refractivity contribution in [1.29, 1.82) is 0 Å². The number of nitrogens with one attached hydrogen (secondary N) is 1. The normalized spacial score (nSPS) is 10.5. The number of benzene rings is 3. The van der Waals surface area contributed by atoms with Crippen LogP contribution >= 0.6 is 23.4 Å². The lowest BCUT2D eigenvalue weighted by Crippen LogP contribution is -2.21. The predicted octanol–water partition coefficient (Wildman–Crippen LogP) is 4.79. The molecule has 0 saturated heterocycles. The molecule has 9 heteroatoms. The fourth-order valence-corrected chi connectivity index (χ4v) is 4.30. The van der Waals surface area contributed by atoms with Gasteiger partial charge in [0.2, 0.25) is 5.75 Å². The quantitative estimate of drug-likeness (QED) is 0.352. The van der Waals surface area contributed by atoms with Gasteiger partial charge in [-0.3, -0.25) is 9.59 Å². The smallest absolute Gasteiger partial charge is 0.316 e. The molecule has 168 valence electrons. The van der Waals surface area contributed by atoms with Gasteiger partial charge in [-0.25, -0.2) is 0 Å². The first-order valence-corrected chi connectivity index (χ1v) is 10.9. The zero-order valence-electron chi connectivity index (χ0n) is 17.8. The number of fused-ring (bicyclic) bond motifs is 1. The molecule has 0 aliphatic rings. The van der Waals surface area contributed by atoms with Gasteiger partial charge in [0.25, 0.3) is 5.91 Å². The molecule has 0 saturated carbocycles. The van der Waals surface area contributed by atoms with E-state index in [1.54, 1.807) is 18.2 Å². The van der Waals surface area contributed by atoms with Crippen molar-refractivity contribution in [3.8, 4) is 17.2 Å². The second-order valence-electron chi connectivity index (χ2n) is 6.51. The summed E-state index contributed by atoms with van der Waals surface area (Å²) in [6, 6.07) is 14.6. The van der Waals surface area contributed by atoms with E-state index in [1.165, 1.54) is 33.1 Å². The summed E-state index contributed by atoms with van der Waals surface area (Å²) in [7, 11) is 4.44. The summed E-state index contributed by atoms with van der Waals surface area (Å²) >= 11 is 7.62. The van der Waals surface area contributed by atoms with Crippen LogP contribution in [0.25, 0.3) is 10.8 Å². The third-order valence-corrected chi connectivity index (χ3v) is 5.82. The van der Waals surface area contributed by atoms with Crippen molar-refractivity contribution in [3.63, 3.8) is 0 Å². The molecule has 0 fully saturated rings. The Morgan fingerprint density at radius 1 is 0.969 bits per heavy atom. The van der Waals surface area contributed by atoms with Gasteiger partial charge in [-0.2, -0.15) is 0 Å². The molecule has 0 radical (unpaired) electrons. The number of carbonyl (C=O) groups is 2. The van der Waals surface area contributed by atoms with Crippen LogP contribution in [0.15, 0.2) is 53.4 Å². The zero-order valence-corrected chi connectivity index (χ0v) is 19.3. The van der Waals surface area contributed by atoms with Crippen LogP contribution < -0.4 is 19.5 Å². The molecule has 1 N–H and O–H groups in total. The summed E-state index contributed by atoms with van der Waals surface area (Å²) in [6.07, 6.45) is 0. The van der Waals surface area contributed by atoms with Gasteiger partial charge in [0, 0.05) is 33.1 Å². The minimum absolute atomic E-state index is 0.0435. The number of hydrogen-bond acceptors (Lipinski definition) is 7. The first kappa shape index (κ1) is 23.6. The average molecular weight is 476 g/mol. The number of amides is 1. The number of hydrogen-bond donors (Lipinski definition) is 1. The van der Waals surface area contributed by atoms with Crippen molar-refractivity contribution < 1.29 is 28.5 Å². The fourth-order valence-electron chi connectivity index (χ4n) is 3.06. The van der Waals surface area contributed by atoms with Crippen molar-refractivity contribution in [2.45, 2.75) is 4.90 Å². The van der Waals surface area contributed by atoms with Crippen LogP contribution in [0, 0.1) is 0 Å². The van der Waals surface area contributed by atoms with Gasteiger partial charge in [-0.05, 0) is 17.5 Å². The van der Waals surface area contributed by atoms with Gasteiger partial charge in [-0.15, -0.1) is 11.8 Å². The van der Waals surface area contributed by atoms with Crippen molar-refractivity contribution in [2.75, 3.05) is 39.0 Å². The summed E-state index contributed by atoms with van der Waals surface area (Å²) in [5.41, 5.74) is 0.417. The monoisotopic (exact) mass is 475 g/mol. The predicted molar refractivity (Wildman–Crippen MR) is 125 cm³/mol. The standard InChI is InChI=1S/C23H22ClNO6S/c1-28-17-10-15(11-18(29-2)23(17)30-3)25-20(26)12-31-21(27)13-32-19-9-5-7-14-6-4-8-16(24)22(14)19/h4-11H,12-13H2,1-3H3,(H,25,26). The van der Waals surface area contributed by atoms with Gasteiger partial charge in [0.05, 0.1) is 27.1 Å². The van der Waals surface area contributed by atoms with Crippen molar-refractivity contribution in [2.24, 2.45) is 0 Å². The van der Waals surface area contributed by atoms with Gasteiger partial charge >= 0.3 is 5.97 Å². The van der Waals surface area contributed by atoms with Gasteiger partial charge in [0.15, 0.2) is 18.1 Å². The van der Waals surface area contributed by atoms with Crippen molar-refractivity contribution >= 4 is 51.7 Å². The Bertz CT molecular complexity index is 1110. The Balaban J connectivity index is 1.56. The van der Waals surface area contributed by atoms with E-state index in [9.17, 15) is 9.59 Å². The molecule has 0 aromatic heterocycles. The van der Waals surface area contributed by atoms with Crippen LogP contribution in [0.1, 0.15) is 0 Å². The number of ether oxygens (including phenoxy) is 4. The Morgan fingerprint density at radius 3 is 2.25 bits per heavy atom. The summed E-state index contributed by atoms with van der Waals surface area (Å²) in [4.78, 5) is 25.3. The maximum absolute atomic E-state index is 12.2. The Morgan fingerprint density at radius 2 is 1.62 bits per heavy atom. The van der Waals surface area contributed by atoms with Crippen LogP contribution in [-0.2, 0) is 14.3 Å². The van der Waals surface area contributed by atoms with Crippen LogP contribution in [0.4, 0.5) is 5.69 Å². The van der Waals surface area contributed by atoms with E-state index in [2.05, 4.69) is 5.32 Å². The highest BCUT2D eigenvalue weighted by Gasteiger charge is 2.16. The number of carbonyl (C=O) groups excluding carboxylic acids is 2. The summed E-state index contributed by atoms with van der Waals surface area (Å²) in [5.74, 6) is 0.227. The van der Waals surface area contributed by atoms with Crippen molar-refractivity contribution in [1.82, 2.24) is 0 Å². The fraction of sp³-hybridized carbons (Fsp3) is 0.217. The molecular weight excluding hydrogens is 454 g/mol. The van der Waals surface area contributed by atoms with Gasteiger partial charge in [0.1, 0.15) is 0 Å². The molecular formula is C23H22ClNO6S. The van der Waals surface area contributed by atoms with E-state index in [-0.39, 0.29) is 5.75 Å². The Hall–Kier alpha value is -3.10. The molecule has 3 aromatic carbocycles. The van der Waals surface area contributed by atoms with E-state index >= 15 is 0 Å². The van der Waals surface area contributed by atoms with Crippen LogP contribution in [-0.4, -0.2) is 45.6 Å². The number of thioether (sulfide) groups is 1. The molecule has 32 heavy (non-hydrogen) atoms. The van der Waals surface area contributed by atoms with Crippen LogP contribution in [0.5, 0.6) is 17.2 Å². The molecule has 0 bridgehead atoms. The molecule has 0 aliphatic heterocycles. The molecule has 0 atom stereocenters. The lowest BCUT2D eigenvalue weighted by molar-refractivity contribution is -0.144. The highest BCUT2D eigenvalue weighted by molar-refractivity contribution is 8.00. The molecule has 0 spiro atoms. The lowest BCUT2D eigenvalue weighted by atomic mass is 10.1. The molecule has 1 amide bonds. The van der Waals surface area contributed by atoms with E-state index in [1.807, 2.05) is 30.3 Å². The van der Waals surface area contributed by atoms with Gasteiger partial charge in [-0.1, -0.05) is 35.9 Å². The number of halogens is 1. The minimum atomic E-state index is -0.515. The zero-order chi connectivity index (χ0) is 23.1. The lowest BCUT2D eigenvalue weighted by Gasteiger charge is -2.14. The largest absolute Gasteiger partial charge is 0.493 e. The summed E-state index contributed by atoms with van der Waals surface area (Å²) in [6.45, 7) is -0.424. The minimum Gasteiger partial charge on any atom is -0.493 e. The summed E-state index contributed by atoms with van der Waals surface area (Å²) in [5, 5.41) is 5.13. The number of esters is 1. The number of anilines is 1. The average Bonchev–Trinajstić information content (AvgIpc) is 2.80. The third-order valence-electron chi connectivity index (χ3n) is 4.47. The topological polar surface area (TPSA) is 83.1 Å². The second-order valence-corrected chi connectivity index (χ2v) is 7.93. The molecule has 0 aliphatic carbocycles. The van der Waals surface area contributed by atoms with Crippen LogP contribution in [0.3, 0.4) is 0 Å². The number of methoxy groups -OCH3 is 3. The summed E-state index contributed by atoms with van der Waals surface area (Å²) < 4.78 is 20.9. The molecule has 3 rings (SSSR count). The molecule has 0 heterocycles. The second kappa shape index (κ2) is 11.0. The highest BCUT2D eigenvalue weighted by Crippen LogP contribution is 2.40. The molecule has 7 nitrogen and oxygen atoms in total. The molecule has 3 aromatic rings. The van der Waals surface area contributed by atoms with E-state index < -0.39 is 18.5 Å². The first-order valence-electron chi connectivity index (χ1n) is 9.52. The Kier molecular flexibility index (Phi) is 8.08.